The first kappa shape index (κ1) is 14.3. The molecule has 0 saturated carbocycles. The van der Waals surface area contributed by atoms with Crippen LogP contribution in [0, 0.1) is 11.8 Å². The lowest BCUT2D eigenvalue weighted by molar-refractivity contribution is -0.137. The summed E-state index contributed by atoms with van der Waals surface area (Å²) < 4.78 is 41.8. The number of halogens is 3. The van der Waals surface area contributed by atoms with Gasteiger partial charge in [-0.2, -0.15) is 13.2 Å². The molecule has 0 aliphatic heterocycles. The number of hydrogen-bond acceptors (Lipinski definition) is 2. The van der Waals surface area contributed by atoms with E-state index in [0.717, 1.165) is 12.1 Å². The lowest BCUT2D eigenvalue weighted by atomic mass is 10.1. The van der Waals surface area contributed by atoms with E-state index in [1.165, 1.54) is 19.2 Å². The largest absolute Gasteiger partial charge is 0.416 e. The third kappa shape index (κ3) is 4.22. The number of carbonyl (C=O) groups is 1. The summed E-state index contributed by atoms with van der Waals surface area (Å²) in [6.07, 6.45) is -4.08. The Hall–Kier alpha value is -1.80. The zero-order valence-electron chi connectivity index (χ0n) is 9.62. The summed E-state index contributed by atoms with van der Waals surface area (Å²) in [4.78, 5) is 10.3. The SMILES string of the molecule is CO[C@@H](C#Cc1ccc(C(F)(F)F)cc1)CC=O. The molecule has 1 rings (SSSR count). The van der Waals surface area contributed by atoms with Gasteiger partial charge in [0.2, 0.25) is 0 Å². The minimum atomic E-state index is -4.35. The van der Waals surface area contributed by atoms with Crippen LogP contribution in [-0.2, 0) is 15.7 Å². The zero-order chi connectivity index (χ0) is 13.6. The van der Waals surface area contributed by atoms with Gasteiger partial charge in [-0.1, -0.05) is 11.8 Å². The van der Waals surface area contributed by atoms with Crippen molar-refractivity contribution in [1.29, 1.82) is 0 Å². The number of carbonyl (C=O) groups excluding carboxylic acids is 1. The molecular formula is C13H11F3O2. The smallest absolute Gasteiger partial charge is 0.368 e. The lowest BCUT2D eigenvalue weighted by Crippen LogP contribution is -2.07. The highest BCUT2D eigenvalue weighted by Gasteiger charge is 2.29. The number of methoxy groups -OCH3 is 1. The van der Waals surface area contributed by atoms with Crippen molar-refractivity contribution >= 4 is 6.29 Å². The van der Waals surface area contributed by atoms with Gasteiger partial charge in [-0.3, -0.25) is 0 Å². The van der Waals surface area contributed by atoms with Gasteiger partial charge in [0.15, 0.2) is 0 Å². The standard InChI is InChI=1S/C13H11F3O2/c1-18-12(8-9-17)7-4-10-2-5-11(6-3-10)13(14,15)16/h2-3,5-6,9,12H,8H2,1H3/t12-/m0/s1. The van der Waals surface area contributed by atoms with Gasteiger partial charge in [0.25, 0.3) is 0 Å². The van der Waals surface area contributed by atoms with Gasteiger partial charge in [0, 0.05) is 19.1 Å². The van der Waals surface area contributed by atoms with Gasteiger partial charge in [-0.15, -0.1) is 0 Å². The van der Waals surface area contributed by atoms with Crippen molar-refractivity contribution in [3.8, 4) is 11.8 Å². The Morgan fingerprint density at radius 3 is 2.39 bits per heavy atom. The normalized spacial score (nSPS) is 12.4. The van der Waals surface area contributed by atoms with Crippen LogP contribution in [0.25, 0.3) is 0 Å². The predicted octanol–water partition coefficient (Wildman–Crippen LogP) is 2.66. The number of ether oxygens (including phenoxy) is 1. The Balaban J connectivity index is 2.81. The molecule has 1 atom stereocenters. The third-order valence-corrected chi connectivity index (χ3v) is 2.18. The summed E-state index contributed by atoms with van der Waals surface area (Å²) in [6.45, 7) is 0. The monoisotopic (exact) mass is 256 g/mol. The summed E-state index contributed by atoms with van der Waals surface area (Å²) in [5, 5.41) is 0. The van der Waals surface area contributed by atoms with Gasteiger partial charge >= 0.3 is 6.18 Å². The van der Waals surface area contributed by atoms with Crippen LogP contribution in [0.15, 0.2) is 24.3 Å². The van der Waals surface area contributed by atoms with E-state index < -0.39 is 17.8 Å². The van der Waals surface area contributed by atoms with Gasteiger partial charge in [-0.05, 0) is 24.3 Å². The van der Waals surface area contributed by atoms with Gasteiger partial charge in [0.05, 0.1) is 5.56 Å². The Labute approximate surface area is 103 Å². The van der Waals surface area contributed by atoms with E-state index in [1.54, 1.807) is 0 Å². The number of hydrogen-bond donors (Lipinski definition) is 0. The maximum absolute atomic E-state index is 12.3. The Bertz CT molecular complexity index is 452. The lowest BCUT2D eigenvalue weighted by Gasteiger charge is -2.05. The fourth-order valence-corrected chi connectivity index (χ4v) is 1.21. The molecule has 0 aromatic heterocycles. The fourth-order valence-electron chi connectivity index (χ4n) is 1.21. The molecule has 1 aromatic carbocycles. The molecule has 0 radical (unpaired) electrons. The topological polar surface area (TPSA) is 26.3 Å². The minimum absolute atomic E-state index is 0.129. The van der Waals surface area contributed by atoms with Gasteiger partial charge < -0.3 is 9.53 Å². The molecule has 0 fully saturated rings. The second-order valence-electron chi connectivity index (χ2n) is 3.47. The molecule has 0 N–H and O–H groups in total. The highest BCUT2D eigenvalue weighted by atomic mass is 19.4. The van der Waals surface area contributed by atoms with Crippen molar-refractivity contribution < 1.29 is 22.7 Å². The molecule has 0 unspecified atom stereocenters. The second-order valence-corrected chi connectivity index (χ2v) is 3.47. The molecule has 18 heavy (non-hydrogen) atoms. The van der Waals surface area contributed by atoms with Crippen LogP contribution in [0.3, 0.4) is 0 Å². The van der Waals surface area contributed by atoms with Crippen molar-refractivity contribution in [1.82, 2.24) is 0 Å². The van der Waals surface area contributed by atoms with Gasteiger partial charge in [-0.25, -0.2) is 0 Å². The highest BCUT2D eigenvalue weighted by molar-refractivity contribution is 5.51. The molecule has 0 heterocycles. The van der Waals surface area contributed by atoms with Crippen LogP contribution in [0.1, 0.15) is 17.5 Å². The number of benzene rings is 1. The summed E-state index contributed by atoms with van der Waals surface area (Å²) in [7, 11) is 1.41. The van der Waals surface area contributed by atoms with Gasteiger partial charge in [0.1, 0.15) is 12.4 Å². The fraction of sp³-hybridized carbons (Fsp3) is 0.308. The molecular weight excluding hydrogens is 245 g/mol. The molecule has 0 bridgehead atoms. The first-order valence-corrected chi connectivity index (χ1v) is 5.12. The van der Waals surface area contributed by atoms with E-state index in [1.807, 2.05) is 0 Å². The zero-order valence-corrected chi connectivity index (χ0v) is 9.62. The van der Waals surface area contributed by atoms with Crippen LogP contribution in [0.4, 0.5) is 13.2 Å². The van der Waals surface area contributed by atoms with Crippen molar-refractivity contribution in [2.75, 3.05) is 7.11 Å². The third-order valence-electron chi connectivity index (χ3n) is 2.18. The van der Waals surface area contributed by atoms with Crippen molar-refractivity contribution in [3.63, 3.8) is 0 Å². The van der Waals surface area contributed by atoms with Crippen LogP contribution in [0.5, 0.6) is 0 Å². The van der Waals surface area contributed by atoms with Crippen LogP contribution in [0.2, 0.25) is 0 Å². The van der Waals surface area contributed by atoms with E-state index >= 15 is 0 Å². The quantitative estimate of drug-likeness (QED) is 0.614. The number of alkyl halides is 3. The van der Waals surface area contributed by atoms with Crippen LogP contribution in [-0.4, -0.2) is 19.5 Å². The molecule has 1 aromatic rings. The van der Waals surface area contributed by atoms with Crippen LogP contribution < -0.4 is 0 Å². The van der Waals surface area contributed by atoms with E-state index in [0.29, 0.717) is 11.8 Å². The van der Waals surface area contributed by atoms with E-state index in [2.05, 4.69) is 11.8 Å². The summed E-state index contributed by atoms with van der Waals surface area (Å²) in [5.41, 5.74) is -0.278. The number of aldehydes is 1. The molecule has 0 aliphatic rings. The second kappa shape index (κ2) is 6.22. The average Bonchev–Trinajstić information content (AvgIpc) is 2.34. The molecule has 0 amide bonds. The Morgan fingerprint density at radius 2 is 1.94 bits per heavy atom. The molecule has 0 saturated heterocycles. The van der Waals surface area contributed by atoms with E-state index in [-0.39, 0.29) is 6.42 Å². The average molecular weight is 256 g/mol. The maximum Gasteiger partial charge on any atom is 0.416 e. The Morgan fingerprint density at radius 1 is 1.33 bits per heavy atom. The van der Waals surface area contributed by atoms with E-state index in [9.17, 15) is 18.0 Å². The predicted molar refractivity (Wildman–Crippen MR) is 59.8 cm³/mol. The molecule has 0 spiro atoms. The Kier molecular flexibility index (Phi) is 4.93. The molecule has 5 heteroatoms. The van der Waals surface area contributed by atoms with Crippen molar-refractivity contribution in [2.45, 2.75) is 18.7 Å². The molecule has 0 aliphatic carbocycles. The summed E-state index contributed by atoms with van der Waals surface area (Å²) >= 11 is 0. The molecule has 2 nitrogen and oxygen atoms in total. The minimum Gasteiger partial charge on any atom is -0.368 e. The first-order chi connectivity index (χ1) is 8.47. The molecule has 96 valence electrons. The van der Waals surface area contributed by atoms with Crippen molar-refractivity contribution in [3.05, 3.63) is 35.4 Å². The maximum atomic E-state index is 12.3. The highest BCUT2D eigenvalue weighted by Crippen LogP contribution is 2.28. The van der Waals surface area contributed by atoms with Crippen LogP contribution >= 0.6 is 0 Å². The van der Waals surface area contributed by atoms with E-state index in [4.69, 9.17) is 4.74 Å². The summed E-state index contributed by atoms with van der Waals surface area (Å²) in [6, 6.07) is 4.49. The first-order valence-electron chi connectivity index (χ1n) is 5.12. The summed E-state index contributed by atoms with van der Waals surface area (Å²) in [5.74, 6) is 5.32. The van der Waals surface area contributed by atoms with Crippen molar-refractivity contribution in [2.24, 2.45) is 0 Å². The number of rotatable bonds is 3.